The van der Waals surface area contributed by atoms with Gasteiger partial charge in [0.25, 0.3) is 0 Å². The molecule has 0 amide bonds. The summed E-state index contributed by atoms with van der Waals surface area (Å²) in [6.07, 6.45) is 5.01. The molecule has 82 valence electrons. The third-order valence-corrected chi connectivity index (χ3v) is 3.90. The van der Waals surface area contributed by atoms with Crippen LogP contribution >= 0.6 is 23.8 Å². The lowest BCUT2D eigenvalue weighted by atomic mass is 9.69. The van der Waals surface area contributed by atoms with E-state index < -0.39 is 0 Å². The summed E-state index contributed by atoms with van der Waals surface area (Å²) >= 11 is 10.9. The molecule has 0 N–H and O–H groups in total. The van der Waals surface area contributed by atoms with Gasteiger partial charge < -0.3 is 0 Å². The molecule has 1 rings (SSSR count). The Morgan fingerprint density at radius 2 is 2.07 bits per heavy atom. The third-order valence-electron chi connectivity index (χ3n) is 3.58. The summed E-state index contributed by atoms with van der Waals surface area (Å²) in [7, 11) is 0. The van der Waals surface area contributed by atoms with E-state index >= 15 is 0 Å². The molecule has 0 aromatic rings. The minimum atomic E-state index is 0.676. The van der Waals surface area contributed by atoms with Crippen molar-refractivity contribution in [1.82, 2.24) is 0 Å². The summed E-state index contributed by atoms with van der Waals surface area (Å²) in [5, 5.41) is 0. The van der Waals surface area contributed by atoms with Crippen LogP contribution < -0.4 is 0 Å². The molecule has 1 aliphatic rings. The lowest BCUT2D eigenvalue weighted by molar-refractivity contribution is 0.150. The summed E-state index contributed by atoms with van der Waals surface area (Å²) in [6, 6.07) is 0. The molecule has 0 spiro atoms. The largest absolute Gasteiger partial charge is 0.0811 e. The van der Waals surface area contributed by atoms with Crippen LogP contribution in [0.1, 0.15) is 46.5 Å². The zero-order chi connectivity index (χ0) is 10.7. The minimum Gasteiger partial charge on any atom is -0.0765 e. The molecular weight excluding hydrogens is 212 g/mol. The third kappa shape index (κ3) is 3.51. The molecule has 0 heterocycles. The summed E-state index contributed by atoms with van der Waals surface area (Å²) in [4.78, 5) is 0. The smallest absolute Gasteiger partial charge is 0.0765 e. The molecule has 0 radical (unpaired) electrons. The Kier molecular flexibility index (Phi) is 4.86. The Balaban J connectivity index is 2.58. The van der Waals surface area contributed by atoms with Crippen LogP contribution in [0.15, 0.2) is 0 Å². The first-order chi connectivity index (χ1) is 6.50. The van der Waals surface area contributed by atoms with Crippen molar-refractivity contribution < 1.29 is 0 Å². The summed E-state index contributed by atoms with van der Waals surface area (Å²) in [6.45, 7) is 7.00. The van der Waals surface area contributed by atoms with Gasteiger partial charge in [0.05, 0.1) is 4.32 Å². The monoisotopic (exact) mass is 232 g/mol. The van der Waals surface area contributed by atoms with Crippen molar-refractivity contribution >= 4 is 28.1 Å². The van der Waals surface area contributed by atoms with Gasteiger partial charge in [-0.05, 0) is 42.9 Å². The fraction of sp³-hybridized carbons (Fsp3) is 0.917. The van der Waals surface area contributed by atoms with E-state index in [1.807, 2.05) is 0 Å². The second-order valence-corrected chi connectivity index (χ2v) is 6.32. The van der Waals surface area contributed by atoms with Gasteiger partial charge in [0.1, 0.15) is 0 Å². The number of hydrogen-bond acceptors (Lipinski definition) is 1. The maximum absolute atomic E-state index is 5.86. The molecular formula is C12H21ClS. The molecule has 1 aliphatic carbocycles. The summed E-state index contributed by atoms with van der Waals surface area (Å²) < 4.78 is 0.676. The van der Waals surface area contributed by atoms with Gasteiger partial charge >= 0.3 is 0 Å². The SMILES string of the molecule is CC1CCC(C(C)C)C(CC(=S)Cl)C1. The minimum absolute atomic E-state index is 0.676. The van der Waals surface area contributed by atoms with Crippen LogP contribution in [0.4, 0.5) is 0 Å². The highest BCUT2D eigenvalue weighted by molar-refractivity contribution is 7.83. The van der Waals surface area contributed by atoms with Crippen molar-refractivity contribution in [1.29, 1.82) is 0 Å². The molecule has 0 aliphatic heterocycles. The van der Waals surface area contributed by atoms with Crippen LogP contribution in [0, 0.1) is 23.7 Å². The molecule has 14 heavy (non-hydrogen) atoms. The predicted molar refractivity (Wildman–Crippen MR) is 67.9 cm³/mol. The van der Waals surface area contributed by atoms with Gasteiger partial charge in [-0.2, -0.15) is 0 Å². The van der Waals surface area contributed by atoms with Gasteiger partial charge in [-0.3, -0.25) is 0 Å². The summed E-state index contributed by atoms with van der Waals surface area (Å²) in [5.74, 6) is 3.21. The Morgan fingerprint density at radius 1 is 1.43 bits per heavy atom. The van der Waals surface area contributed by atoms with Gasteiger partial charge in [-0.15, -0.1) is 0 Å². The number of thiocarbonyl (C=S) groups is 1. The van der Waals surface area contributed by atoms with Crippen molar-refractivity contribution in [2.24, 2.45) is 23.7 Å². The van der Waals surface area contributed by atoms with Gasteiger partial charge in [-0.25, -0.2) is 0 Å². The molecule has 3 atom stereocenters. The first kappa shape index (κ1) is 12.4. The van der Waals surface area contributed by atoms with Crippen LogP contribution in [0.2, 0.25) is 0 Å². The van der Waals surface area contributed by atoms with Crippen molar-refractivity contribution in [3.05, 3.63) is 0 Å². The van der Waals surface area contributed by atoms with Crippen LogP contribution in [0.25, 0.3) is 0 Å². The topological polar surface area (TPSA) is 0 Å². The average Bonchev–Trinajstić information content (AvgIpc) is 2.01. The van der Waals surface area contributed by atoms with Crippen LogP contribution in [-0.4, -0.2) is 4.32 Å². The fourth-order valence-electron chi connectivity index (χ4n) is 2.84. The second-order valence-electron chi connectivity index (χ2n) is 5.15. The Morgan fingerprint density at radius 3 is 2.57 bits per heavy atom. The molecule has 2 heteroatoms. The molecule has 1 saturated carbocycles. The average molecular weight is 233 g/mol. The Hall–Kier alpha value is 0.380. The van der Waals surface area contributed by atoms with Crippen LogP contribution in [0.5, 0.6) is 0 Å². The van der Waals surface area contributed by atoms with E-state index in [0.717, 1.165) is 30.1 Å². The molecule has 0 saturated heterocycles. The Labute approximate surface area is 98.4 Å². The first-order valence-electron chi connectivity index (χ1n) is 5.69. The van der Waals surface area contributed by atoms with E-state index in [-0.39, 0.29) is 0 Å². The molecule has 0 aromatic carbocycles. The zero-order valence-corrected chi connectivity index (χ0v) is 11.0. The highest BCUT2D eigenvalue weighted by atomic mass is 35.5. The standard InChI is InChI=1S/C12H21ClS/c1-8(2)11-5-4-9(3)6-10(11)7-12(13)14/h8-11H,4-7H2,1-3H3. The van der Waals surface area contributed by atoms with Gasteiger partial charge in [0.15, 0.2) is 0 Å². The molecule has 0 aromatic heterocycles. The Bertz CT molecular complexity index is 200. The van der Waals surface area contributed by atoms with Crippen molar-refractivity contribution in [2.75, 3.05) is 0 Å². The quantitative estimate of drug-likeness (QED) is 0.504. The van der Waals surface area contributed by atoms with E-state index in [2.05, 4.69) is 20.8 Å². The first-order valence-corrected chi connectivity index (χ1v) is 6.47. The molecule has 0 bridgehead atoms. The van der Waals surface area contributed by atoms with Gasteiger partial charge in [0, 0.05) is 0 Å². The van der Waals surface area contributed by atoms with E-state index in [0.29, 0.717) is 4.32 Å². The van der Waals surface area contributed by atoms with Crippen LogP contribution in [-0.2, 0) is 0 Å². The highest BCUT2D eigenvalue weighted by Gasteiger charge is 2.30. The fourth-order valence-corrected chi connectivity index (χ4v) is 3.25. The molecule has 0 nitrogen and oxygen atoms in total. The molecule has 1 fully saturated rings. The van der Waals surface area contributed by atoms with E-state index in [4.69, 9.17) is 23.8 Å². The van der Waals surface area contributed by atoms with E-state index in [9.17, 15) is 0 Å². The second kappa shape index (κ2) is 5.46. The molecule has 3 unspecified atom stereocenters. The number of hydrogen-bond donors (Lipinski definition) is 0. The maximum atomic E-state index is 5.86. The van der Waals surface area contributed by atoms with E-state index in [1.54, 1.807) is 0 Å². The van der Waals surface area contributed by atoms with Crippen molar-refractivity contribution in [3.8, 4) is 0 Å². The normalized spacial score (nSPS) is 33.4. The van der Waals surface area contributed by atoms with Crippen molar-refractivity contribution in [3.63, 3.8) is 0 Å². The highest BCUT2D eigenvalue weighted by Crippen LogP contribution is 2.40. The van der Waals surface area contributed by atoms with E-state index in [1.165, 1.54) is 19.3 Å². The maximum Gasteiger partial charge on any atom is 0.0811 e. The van der Waals surface area contributed by atoms with Crippen molar-refractivity contribution in [2.45, 2.75) is 46.5 Å². The predicted octanol–water partition coefficient (Wildman–Crippen LogP) is 4.65. The lowest BCUT2D eigenvalue weighted by Gasteiger charge is -2.37. The van der Waals surface area contributed by atoms with Crippen LogP contribution in [0.3, 0.4) is 0 Å². The lowest BCUT2D eigenvalue weighted by Crippen LogP contribution is -2.28. The summed E-state index contributed by atoms with van der Waals surface area (Å²) in [5.41, 5.74) is 0. The van der Waals surface area contributed by atoms with Gasteiger partial charge in [0.2, 0.25) is 0 Å². The number of rotatable bonds is 3. The zero-order valence-electron chi connectivity index (χ0n) is 9.42. The van der Waals surface area contributed by atoms with Gasteiger partial charge in [-0.1, -0.05) is 51.0 Å². The number of halogens is 1.